The molecule has 0 saturated carbocycles. The van der Waals surface area contributed by atoms with Crippen LogP contribution in [-0.4, -0.2) is 27.9 Å². The second-order valence-electron chi connectivity index (χ2n) is 5.88. The molecule has 3 rings (SSSR count). The summed E-state index contributed by atoms with van der Waals surface area (Å²) in [5.41, 5.74) is 1.64. The molecule has 1 aromatic heterocycles. The van der Waals surface area contributed by atoms with Crippen LogP contribution in [0.25, 0.3) is 0 Å². The molecule has 2 aromatic rings. The fourth-order valence-corrected chi connectivity index (χ4v) is 3.66. The fourth-order valence-electron chi connectivity index (χ4n) is 3.11. The molecule has 1 aliphatic rings. The van der Waals surface area contributed by atoms with E-state index in [2.05, 4.69) is 24.1 Å². The summed E-state index contributed by atoms with van der Waals surface area (Å²) in [7, 11) is 0. The Balaban J connectivity index is 1.80. The van der Waals surface area contributed by atoms with Crippen LogP contribution in [0.5, 0.6) is 0 Å². The van der Waals surface area contributed by atoms with Gasteiger partial charge in [-0.3, -0.25) is 4.79 Å². The molecule has 116 valence electrons. The number of aromatic nitrogens is 1. The Morgan fingerprint density at radius 1 is 1.32 bits per heavy atom. The zero-order valence-corrected chi connectivity index (χ0v) is 13.8. The number of amides is 1. The first kappa shape index (κ1) is 15.0. The second kappa shape index (κ2) is 6.48. The molecular weight excluding hydrogens is 294 g/mol. The smallest absolute Gasteiger partial charge is 0.254 e. The van der Waals surface area contributed by atoms with Crippen LogP contribution < -0.4 is 5.32 Å². The highest BCUT2D eigenvalue weighted by Gasteiger charge is 2.29. The van der Waals surface area contributed by atoms with E-state index in [1.54, 1.807) is 17.5 Å². The Bertz CT molecular complexity index is 631. The van der Waals surface area contributed by atoms with Gasteiger partial charge in [0, 0.05) is 34.9 Å². The van der Waals surface area contributed by atoms with Gasteiger partial charge in [0.15, 0.2) is 5.13 Å². The molecule has 1 saturated heterocycles. The predicted molar refractivity (Wildman–Crippen MR) is 90.8 cm³/mol. The third-order valence-electron chi connectivity index (χ3n) is 4.22. The van der Waals surface area contributed by atoms with Crippen molar-refractivity contribution in [1.82, 2.24) is 9.88 Å². The average Bonchev–Trinajstić information content (AvgIpc) is 3.00. The van der Waals surface area contributed by atoms with Crippen molar-refractivity contribution in [2.75, 3.05) is 5.32 Å². The molecule has 0 bridgehead atoms. The number of thiazole rings is 1. The number of nitrogens with zero attached hydrogens (tertiary/aromatic N) is 2. The molecule has 2 unspecified atom stereocenters. The van der Waals surface area contributed by atoms with Crippen molar-refractivity contribution in [3.63, 3.8) is 0 Å². The number of anilines is 2. The zero-order chi connectivity index (χ0) is 15.5. The number of hydrogen-bond donors (Lipinski definition) is 1. The highest BCUT2D eigenvalue weighted by molar-refractivity contribution is 7.13. The summed E-state index contributed by atoms with van der Waals surface area (Å²) in [6, 6.07) is 8.31. The first-order chi connectivity index (χ1) is 10.6. The van der Waals surface area contributed by atoms with Crippen LogP contribution in [0, 0.1) is 0 Å². The molecule has 5 heteroatoms. The molecule has 1 aliphatic heterocycles. The van der Waals surface area contributed by atoms with Gasteiger partial charge in [0.1, 0.15) is 0 Å². The average molecular weight is 315 g/mol. The van der Waals surface area contributed by atoms with Gasteiger partial charge in [-0.25, -0.2) is 4.98 Å². The maximum Gasteiger partial charge on any atom is 0.254 e. The molecule has 2 heterocycles. The largest absolute Gasteiger partial charge is 0.333 e. The van der Waals surface area contributed by atoms with Crippen molar-refractivity contribution in [3.05, 3.63) is 41.4 Å². The molecule has 22 heavy (non-hydrogen) atoms. The van der Waals surface area contributed by atoms with Crippen molar-refractivity contribution >= 4 is 28.1 Å². The maximum atomic E-state index is 12.9. The number of carbonyl (C=O) groups is 1. The monoisotopic (exact) mass is 315 g/mol. The van der Waals surface area contributed by atoms with E-state index in [1.165, 1.54) is 6.42 Å². The molecule has 1 N–H and O–H groups in total. The minimum atomic E-state index is 0.127. The molecule has 1 amide bonds. The molecule has 2 atom stereocenters. The molecule has 1 aromatic carbocycles. The van der Waals surface area contributed by atoms with Gasteiger partial charge >= 0.3 is 0 Å². The van der Waals surface area contributed by atoms with E-state index in [9.17, 15) is 4.79 Å². The lowest BCUT2D eigenvalue weighted by Gasteiger charge is -2.39. The van der Waals surface area contributed by atoms with Crippen molar-refractivity contribution in [2.24, 2.45) is 0 Å². The summed E-state index contributed by atoms with van der Waals surface area (Å²) >= 11 is 1.54. The first-order valence-corrected chi connectivity index (χ1v) is 8.62. The minimum Gasteiger partial charge on any atom is -0.333 e. The number of hydrogen-bond acceptors (Lipinski definition) is 4. The lowest BCUT2D eigenvalue weighted by molar-refractivity contribution is 0.0511. The third-order valence-corrected chi connectivity index (χ3v) is 4.91. The quantitative estimate of drug-likeness (QED) is 0.919. The number of rotatable bonds is 3. The molecular formula is C17H21N3OS. The molecule has 4 nitrogen and oxygen atoms in total. The maximum absolute atomic E-state index is 12.9. The van der Waals surface area contributed by atoms with Gasteiger partial charge in [0.2, 0.25) is 0 Å². The van der Waals surface area contributed by atoms with Crippen LogP contribution in [0.15, 0.2) is 35.8 Å². The highest BCUT2D eigenvalue weighted by Crippen LogP contribution is 2.26. The van der Waals surface area contributed by atoms with Gasteiger partial charge < -0.3 is 10.2 Å². The number of piperidine rings is 1. The Hall–Kier alpha value is -1.88. The Morgan fingerprint density at radius 3 is 2.77 bits per heavy atom. The molecule has 0 aliphatic carbocycles. The topological polar surface area (TPSA) is 45.2 Å². The number of nitrogens with one attached hydrogen (secondary N) is 1. The number of carbonyl (C=O) groups excluding carboxylic acids is 1. The highest BCUT2D eigenvalue weighted by atomic mass is 32.1. The van der Waals surface area contributed by atoms with Crippen molar-refractivity contribution < 1.29 is 4.79 Å². The number of benzene rings is 1. The van der Waals surface area contributed by atoms with E-state index in [-0.39, 0.29) is 5.91 Å². The Labute approximate surface area is 135 Å². The van der Waals surface area contributed by atoms with E-state index < -0.39 is 0 Å². The van der Waals surface area contributed by atoms with E-state index in [0.717, 1.165) is 29.2 Å². The minimum absolute atomic E-state index is 0.127. The van der Waals surface area contributed by atoms with Crippen LogP contribution in [0.4, 0.5) is 10.8 Å². The van der Waals surface area contributed by atoms with Crippen molar-refractivity contribution in [1.29, 1.82) is 0 Å². The Kier molecular flexibility index (Phi) is 4.43. The summed E-state index contributed by atoms with van der Waals surface area (Å²) < 4.78 is 0. The molecule has 1 fully saturated rings. The Morgan fingerprint density at radius 2 is 2.09 bits per heavy atom. The summed E-state index contributed by atoms with van der Waals surface area (Å²) in [4.78, 5) is 19.1. The fraction of sp³-hybridized carbons (Fsp3) is 0.412. The van der Waals surface area contributed by atoms with Crippen LogP contribution in [0.1, 0.15) is 43.5 Å². The summed E-state index contributed by atoms with van der Waals surface area (Å²) in [5.74, 6) is 0.127. The van der Waals surface area contributed by atoms with Crippen LogP contribution >= 0.6 is 11.3 Å². The summed E-state index contributed by atoms with van der Waals surface area (Å²) in [5, 5.41) is 6.00. The SMILES string of the molecule is CC1CCCC(C)N1C(=O)c1cccc(Nc2nccs2)c1. The van der Waals surface area contributed by atoms with Gasteiger partial charge in [0.25, 0.3) is 5.91 Å². The lowest BCUT2D eigenvalue weighted by atomic mass is 9.96. The van der Waals surface area contributed by atoms with E-state index in [1.807, 2.05) is 34.5 Å². The zero-order valence-electron chi connectivity index (χ0n) is 13.0. The van der Waals surface area contributed by atoms with E-state index >= 15 is 0 Å². The standard InChI is InChI=1S/C17H21N3OS/c1-12-5-3-6-13(2)20(12)16(21)14-7-4-8-15(11-14)19-17-18-9-10-22-17/h4,7-13H,3,5-6H2,1-2H3,(H,18,19). The van der Waals surface area contributed by atoms with Crippen molar-refractivity contribution in [3.8, 4) is 0 Å². The van der Waals surface area contributed by atoms with E-state index in [0.29, 0.717) is 12.1 Å². The summed E-state index contributed by atoms with van der Waals surface area (Å²) in [6.45, 7) is 4.29. The second-order valence-corrected chi connectivity index (χ2v) is 6.78. The van der Waals surface area contributed by atoms with E-state index in [4.69, 9.17) is 0 Å². The van der Waals surface area contributed by atoms with Crippen LogP contribution in [0.3, 0.4) is 0 Å². The third kappa shape index (κ3) is 3.14. The summed E-state index contributed by atoms with van der Waals surface area (Å²) in [6.07, 6.45) is 5.15. The van der Waals surface area contributed by atoms with Crippen LogP contribution in [0.2, 0.25) is 0 Å². The first-order valence-electron chi connectivity index (χ1n) is 7.74. The van der Waals surface area contributed by atoms with Crippen molar-refractivity contribution in [2.45, 2.75) is 45.2 Å². The van der Waals surface area contributed by atoms with Gasteiger partial charge in [-0.2, -0.15) is 0 Å². The van der Waals surface area contributed by atoms with Crippen LogP contribution in [-0.2, 0) is 0 Å². The lowest BCUT2D eigenvalue weighted by Crippen LogP contribution is -2.47. The van der Waals surface area contributed by atoms with Gasteiger partial charge in [-0.05, 0) is 51.3 Å². The predicted octanol–water partition coefficient (Wildman–Crippen LogP) is 4.29. The van der Waals surface area contributed by atoms with Gasteiger partial charge in [-0.15, -0.1) is 11.3 Å². The van der Waals surface area contributed by atoms with Gasteiger partial charge in [0.05, 0.1) is 0 Å². The van der Waals surface area contributed by atoms with Gasteiger partial charge in [-0.1, -0.05) is 6.07 Å². The molecule has 0 spiro atoms. The normalized spacial score (nSPS) is 21.6. The number of likely N-dealkylation sites (tertiary alicyclic amines) is 1. The molecule has 0 radical (unpaired) electrons.